The van der Waals surface area contributed by atoms with Crippen LogP contribution in [0.3, 0.4) is 0 Å². The maximum atomic E-state index is 11.6. The van der Waals surface area contributed by atoms with Crippen molar-refractivity contribution in [3.05, 3.63) is 28.8 Å². The molecule has 1 rings (SSSR count). The summed E-state index contributed by atoms with van der Waals surface area (Å²) >= 11 is 5.94. The van der Waals surface area contributed by atoms with Crippen LogP contribution in [0.1, 0.15) is 12.0 Å². The van der Waals surface area contributed by atoms with Gasteiger partial charge < -0.3 is 15.4 Å². The molecule has 6 heteroatoms. The lowest BCUT2D eigenvalue weighted by atomic mass is 10.2. The maximum absolute atomic E-state index is 11.6. The Hall–Kier alpha value is -1.59. The summed E-state index contributed by atoms with van der Waals surface area (Å²) in [5.41, 5.74) is 1.50. The molecule has 1 aromatic rings. The minimum atomic E-state index is -0.380. The molecule has 0 atom stereocenters. The normalized spacial score (nSPS) is 10.1. The summed E-state index contributed by atoms with van der Waals surface area (Å²) in [5.74, 6) is -0.720. The Morgan fingerprint density at radius 1 is 1.32 bits per heavy atom. The van der Waals surface area contributed by atoms with Crippen LogP contribution in [0.25, 0.3) is 0 Å². The fourth-order valence-corrected chi connectivity index (χ4v) is 1.56. The van der Waals surface area contributed by atoms with E-state index in [1.165, 1.54) is 0 Å². The Morgan fingerprint density at radius 2 is 2.05 bits per heavy atom. The highest BCUT2D eigenvalue weighted by Crippen LogP contribution is 2.19. The fourth-order valence-electron chi connectivity index (χ4n) is 1.38. The van der Waals surface area contributed by atoms with Crippen LogP contribution < -0.4 is 10.6 Å². The van der Waals surface area contributed by atoms with Crippen molar-refractivity contribution in [1.82, 2.24) is 5.32 Å². The molecule has 0 aliphatic carbocycles. The third-order valence-corrected chi connectivity index (χ3v) is 2.81. The lowest BCUT2D eigenvalue weighted by molar-refractivity contribution is -0.126. The van der Waals surface area contributed by atoms with Gasteiger partial charge in [0.1, 0.15) is 6.42 Å². The van der Waals surface area contributed by atoms with E-state index in [1.54, 1.807) is 25.3 Å². The zero-order valence-electron chi connectivity index (χ0n) is 11.0. The number of carbonyl (C=O) groups is 2. The van der Waals surface area contributed by atoms with Crippen molar-refractivity contribution in [3.63, 3.8) is 0 Å². The minimum absolute atomic E-state index is 0.227. The van der Waals surface area contributed by atoms with Gasteiger partial charge in [-0.25, -0.2) is 0 Å². The number of hydrogen-bond acceptors (Lipinski definition) is 3. The number of aryl methyl sites for hydroxylation is 1. The van der Waals surface area contributed by atoms with Crippen molar-refractivity contribution < 1.29 is 14.3 Å². The van der Waals surface area contributed by atoms with Gasteiger partial charge in [-0.05, 0) is 24.6 Å². The zero-order valence-corrected chi connectivity index (χ0v) is 11.7. The van der Waals surface area contributed by atoms with Crippen molar-refractivity contribution in [2.75, 3.05) is 25.6 Å². The maximum Gasteiger partial charge on any atom is 0.233 e. The molecule has 104 valence electrons. The van der Waals surface area contributed by atoms with Crippen LogP contribution in [-0.4, -0.2) is 32.1 Å². The largest absolute Gasteiger partial charge is 0.383 e. The van der Waals surface area contributed by atoms with Crippen LogP contribution in [0, 0.1) is 6.92 Å². The molecule has 0 heterocycles. The molecule has 0 aromatic heterocycles. The second-order valence-corrected chi connectivity index (χ2v) is 4.44. The first-order chi connectivity index (χ1) is 9.02. The van der Waals surface area contributed by atoms with Crippen LogP contribution in [-0.2, 0) is 14.3 Å². The van der Waals surface area contributed by atoms with E-state index in [-0.39, 0.29) is 18.2 Å². The average molecular weight is 285 g/mol. The predicted octanol–water partition coefficient (Wildman–Crippen LogP) is 1.74. The molecule has 0 saturated carbocycles. The molecule has 1 aromatic carbocycles. The number of nitrogens with one attached hydrogen (secondary N) is 2. The summed E-state index contributed by atoms with van der Waals surface area (Å²) < 4.78 is 4.79. The summed E-state index contributed by atoms with van der Waals surface area (Å²) in [5, 5.41) is 5.76. The molecular formula is C13H17ClN2O3. The molecule has 0 aliphatic rings. The third-order valence-electron chi connectivity index (χ3n) is 2.41. The van der Waals surface area contributed by atoms with Gasteiger partial charge in [0, 0.05) is 24.4 Å². The quantitative estimate of drug-likeness (QED) is 0.618. The third kappa shape index (κ3) is 5.72. The smallest absolute Gasteiger partial charge is 0.233 e. The number of rotatable bonds is 6. The van der Waals surface area contributed by atoms with Gasteiger partial charge in [0.15, 0.2) is 0 Å². The second kappa shape index (κ2) is 7.76. The summed E-state index contributed by atoms with van der Waals surface area (Å²) in [7, 11) is 1.54. The molecule has 0 spiro atoms. The van der Waals surface area contributed by atoms with Gasteiger partial charge in [0.25, 0.3) is 0 Å². The first kappa shape index (κ1) is 15.5. The molecular weight excluding hydrogens is 268 g/mol. The molecule has 0 unspecified atom stereocenters. The van der Waals surface area contributed by atoms with Gasteiger partial charge in [-0.1, -0.05) is 17.7 Å². The highest BCUT2D eigenvalue weighted by molar-refractivity contribution is 6.31. The van der Waals surface area contributed by atoms with Crippen molar-refractivity contribution in [2.45, 2.75) is 13.3 Å². The SMILES string of the molecule is COCCNC(=O)CC(=O)Nc1ccc(C)c(Cl)c1. The lowest BCUT2D eigenvalue weighted by Crippen LogP contribution is -2.30. The second-order valence-electron chi connectivity index (χ2n) is 4.03. The first-order valence-corrected chi connectivity index (χ1v) is 6.22. The van der Waals surface area contributed by atoms with Crippen molar-refractivity contribution in [2.24, 2.45) is 0 Å². The number of halogens is 1. The van der Waals surface area contributed by atoms with Gasteiger partial charge >= 0.3 is 0 Å². The predicted molar refractivity (Wildman–Crippen MR) is 74.3 cm³/mol. The Balaban J connectivity index is 2.42. The number of anilines is 1. The molecule has 0 bridgehead atoms. The van der Waals surface area contributed by atoms with Crippen molar-refractivity contribution >= 4 is 29.1 Å². The van der Waals surface area contributed by atoms with Gasteiger partial charge in [-0.15, -0.1) is 0 Å². The topological polar surface area (TPSA) is 67.4 Å². The van der Waals surface area contributed by atoms with Crippen LogP contribution >= 0.6 is 11.6 Å². The highest BCUT2D eigenvalue weighted by Gasteiger charge is 2.09. The van der Waals surface area contributed by atoms with Gasteiger partial charge in [0.05, 0.1) is 6.61 Å². The Bertz CT molecular complexity index is 463. The molecule has 5 nitrogen and oxygen atoms in total. The van der Waals surface area contributed by atoms with Crippen molar-refractivity contribution in [1.29, 1.82) is 0 Å². The number of carbonyl (C=O) groups excluding carboxylic acids is 2. The summed E-state index contributed by atoms with van der Waals surface area (Å²) in [6.45, 7) is 2.68. The highest BCUT2D eigenvalue weighted by atomic mass is 35.5. The number of benzene rings is 1. The van der Waals surface area contributed by atoms with E-state index in [9.17, 15) is 9.59 Å². The average Bonchev–Trinajstić information content (AvgIpc) is 2.34. The summed E-state index contributed by atoms with van der Waals surface area (Å²) in [6.07, 6.45) is -0.227. The van der Waals surface area contributed by atoms with Crippen LogP contribution in [0.15, 0.2) is 18.2 Å². The molecule has 2 amide bonds. The summed E-state index contributed by atoms with van der Waals surface area (Å²) in [4.78, 5) is 23.0. The molecule has 2 N–H and O–H groups in total. The van der Waals surface area contributed by atoms with E-state index < -0.39 is 0 Å². The fraction of sp³-hybridized carbons (Fsp3) is 0.385. The van der Waals surface area contributed by atoms with E-state index in [4.69, 9.17) is 16.3 Å². The van der Waals surface area contributed by atoms with E-state index in [1.807, 2.05) is 6.92 Å². The molecule has 0 aliphatic heterocycles. The van der Waals surface area contributed by atoms with Crippen molar-refractivity contribution in [3.8, 4) is 0 Å². The van der Waals surface area contributed by atoms with Crippen LogP contribution in [0.4, 0.5) is 5.69 Å². The number of hydrogen-bond donors (Lipinski definition) is 2. The van der Waals surface area contributed by atoms with E-state index >= 15 is 0 Å². The zero-order chi connectivity index (χ0) is 14.3. The number of amides is 2. The minimum Gasteiger partial charge on any atom is -0.383 e. The van der Waals surface area contributed by atoms with Gasteiger partial charge in [-0.3, -0.25) is 9.59 Å². The first-order valence-electron chi connectivity index (χ1n) is 5.84. The van der Waals surface area contributed by atoms with Gasteiger partial charge in [0.2, 0.25) is 11.8 Å². The number of ether oxygens (including phenoxy) is 1. The Morgan fingerprint density at radius 3 is 2.68 bits per heavy atom. The standard InChI is InChI=1S/C13H17ClN2O3/c1-9-3-4-10(7-11(9)14)16-13(18)8-12(17)15-5-6-19-2/h3-4,7H,5-6,8H2,1-2H3,(H,15,17)(H,16,18). The summed E-state index contributed by atoms with van der Waals surface area (Å²) in [6, 6.07) is 5.19. The number of methoxy groups -OCH3 is 1. The van der Waals surface area contributed by atoms with Crippen LogP contribution in [0.2, 0.25) is 5.02 Å². The molecule has 19 heavy (non-hydrogen) atoms. The van der Waals surface area contributed by atoms with Gasteiger partial charge in [-0.2, -0.15) is 0 Å². The monoisotopic (exact) mass is 284 g/mol. The van der Waals surface area contributed by atoms with E-state index in [2.05, 4.69) is 10.6 Å². The van der Waals surface area contributed by atoms with Crippen LogP contribution in [0.5, 0.6) is 0 Å². The molecule has 0 fully saturated rings. The lowest BCUT2D eigenvalue weighted by Gasteiger charge is -2.07. The van der Waals surface area contributed by atoms with E-state index in [0.717, 1.165) is 5.56 Å². The molecule has 0 radical (unpaired) electrons. The van der Waals surface area contributed by atoms with E-state index in [0.29, 0.717) is 23.9 Å². The molecule has 0 saturated heterocycles. The Labute approximate surface area is 117 Å². The Kier molecular flexibility index (Phi) is 6.32.